The lowest BCUT2D eigenvalue weighted by Crippen LogP contribution is -2.30. The first-order valence-electron chi connectivity index (χ1n) is 26.8. The molecule has 0 unspecified atom stereocenters. The molecule has 0 aliphatic rings. The average molecular weight is 881 g/mol. The van der Waals surface area contributed by atoms with Gasteiger partial charge < -0.3 is 14.2 Å². The van der Waals surface area contributed by atoms with Crippen LogP contribution in [-0.2, 0) is 28.6 Å². The predicted molar refractivity (Wildman–Crippen MR) is 270 cm³/mol. The van der Waals surface area contributed by atoms with Gasteiger partial charge in [0.25, 0.3) is 0 Å². The topological polar surface area (TPSA) is 78.9 Å². The predicted octanol–water partition coefficient (Wildman–Crippen LogP) is 17.6. The fraction of sp³-hybridized carbons (Fsp3) is 0.772. The molecular formula is C57H100O6. The maximum Gasteiger partial charge on any atom is 0.306 e. The van der Waals surface area contributed by atoms with E-state index < -0.39 is 6.10 Å². The van der Waals surface area contributed by atoms with E-state index in [1.165, 1.54) is 128 Å². The Labute approximate surface area is 390 Å². The molecule has 0 saturated heterocycles. The second-order valence-corrected chi connectivity index (χ2v) is 17.8. The monoisotopic (exact) mass is 881 g/mol. The number of carbonyl (C=O) groups excluding carboxylic acids is 3. The van der Waals surface area contributed by atoms with Crippen molar-refractivity contribution in [3.8, 4) is 0 Å². The average Bonchev–Trinajstić information content (AvgIpc) is 3.28. The van der Waals surface area contributed by atoms with Gasteiger partial charge in [0.15, 0.2) is 6.10 Å². The van der Waals surface area contributed by atoms with Gasteiger partial charge >= 0.3 is 17.9 Å². The number of ether oxygens (including phenoxy) is 3. The molecule has 0 fully saturated rings. The van der Waals surface area contributed by atoms with Gasteiger partial charge in [0, 0.05) is 19.3 Å². The molecule has 6 nitrogen and oxygen atoms in total. The van der Waals surface area contributed by atoms with Gasteiger partial charge in [-0.1, -0.05) is 197 Å². The van der Waals surface area contributed by atoms with E-state index in [9.17, 15) is 14.4 Å². The number of esters is 3. The van der Waals surface area contributed by atoms with Crippen molar-refractivity contribution in [2.24, 2.45) is 0 Å². The summed E-state index contributed by atoms with van der Waals surface area (Å²) in [5, 5.41) is 0. The summed E-state index contributed by atoms with van der Waals surface area (Å²) in [7, 11) is 0. The van der Waals surface area contributed by atoms with Gasteiger partial charge in [0.2, 0.25) is 0 Å². The zero-order valence-corrected chi connectivity index (χ0v) is 41.6. The van der Waals surface area contributed by atoms with E-state index >= 15 is 0 Å². The third-order valence-corrected chi connectivity index (χ3v) is 11.5. The second-order valence-electron chi connectivity index (χ2n) is 17.8. The molecule has 0 aromatic carbocycles. The van der Waals surface area contributed by atoms with Gasteiger partial charge in [0.05, 0.1) is 0 Å². The molecule has 0 spiro atoms. The Morgan fingerprint density at radius 3 is 0.921 bits per heavy atom. The number of unbranched alkanes of at least 4 members (excludes halogenated alkanes) is 27. The molecule has 0 radical (unpaired) electrons. The Kier molecular flexibility index (Phi) is 49.4. The molecule has 6 heteroatoms. The lowest BCUT2D eigenvalue weighted by molar-refractivity contribution is -0.167. The van der Waals surface area contributed by atoms with Crippen LogP contribution < -0.4 is 0 Å². The fourth-order valence-electron chi connectivity index (χ4n) is 7.38. The quantitative estimate of drug-likeness (QED) is 0.0262. The molecule has 0 aromatic heterocycles. The summed E-state index contributed by atoms with van der Waals surface area (Å²) in [6, 6.07) is 0. The van der Waals surface area contributed by atoms with E-state index in [2.05, 4.69) is 81.5 Å². The van der Waals surface area contributed by atoms with Crippen molar-refractivity contribution in [1.29, 1.82) is 0 Å². The van der Waals surface area contributed by atoms with E-state index in [4.69, 9.17) is 14.2 Å². The molecule has 0 heterocycles. The van der Waals surface area contributed by atoms with Gasteiger partial charge in [0.1, 0.15) is 13.2 Å². The van der Waals surface area contributed by atoms with Crippen LogP contribution in [0.2, 0.25) is 0 Å². The Bertz CT molecular complexity index is 1090. The van der Waals surface area contributed by atoms with E-state index in [0.717, 1.165) is 96.3 Å². The van der Waals surface area contributed by atoms with Crippen LogP contribution in [0.3, 0.4) is 0 Å². The van der Waals surface area contributed by atoms with Crippen LogP contribution in [0.4, 0.5) is 0 Å². The summed E-state index contributed by atoms with van der Waals surface area (Å²) in [4.78, 5) is 38.0. The van der Waals surface area contributed by atoms with Crippen LogP contribution in [-0.4, -0.2) is 37.2 Å². The van der Waals surface area contributed by atoms with Gasteiger partial charge in [-0.3, -0.25) is 14.4 Å². The van der Waals surface area contributed by atoms with Crippen LogP contribution in [0.1, 0.15) is 265 Å². The maximum absolute atomic E-state index is 12.8. The molecular weight excluding hydrogens is 781 g/mol. The van der Waals surface area contributed by atoms with Crippen LogP contribution in [0.25, 0.3) is 0 Å². The summed E-state index contributed by atoms with van der Waals surface area (Å²) in [5.74, 6) is -0.913. The molecule has 0 rings (SSSR count). The first-order chi connectivity index (χ1) is 31.0. The number of hydrogen-bond acceptors (Lipinski definition) is 6. The molecule has 0 aromatic rings. The summed E-state index contributed by atoms with van der Waals surface area (Å²) in [5.41, 5.74) is 0. The van der Waals surface area contributed by atoms with Crippen molar-refractivity contribution in [2.45, 2.75) is 271 Å². The van der Waals surface area contributed by atoms with Crippen molar-refractivity contribution in [3.63, 3.8) is 0 Å². The lowest BCUT2D eigenvalue weighted by atomic mass is 10.1. The number of carbonyl (C=O) groups is 3. The maximum atomic E-state index is 12.8. The van der Waals surface area contributed by atoms with Gasteiger partial charge in [-0.05, 0) is 109 Å². The summed E-state index contributed by atoms with van der Waals surface area (Å²) < 4.78 is 16.8. The van der Waals surface area contributed by atoms with Crippen molar-refractivity contribution in [1.82, 2.24) is 0 Å². The standard InChI is InChI=1S/C57H100O6/c1-4-7-10-13-16-19-22-25-28-31-34-37-40-43-46-49-55(58)61-52-54(63-57(60)51-48-45-42-39-36-33-30-27-24-21-18-15-12-9-6-3)53-62-56(59)50-47-44-41-38-35-32-29-26-23-20-17-14-11-8-5-2/h16-17,19-21,24-26,28-29,54H,4-15,18,22-23,27,30-53H2,1-3H3/b19-16-,20-17-,24-21-,28-25-,29-26-. The number of allylic oxidation sites excluding steroid dienone is 10. The highest BCUT2D eigenvalue weighted by molar-refractivity contribution is 5.71. The highest BCUT2D eigenvalue weighted by Crippen LogP contribution is 2.14. The molecule has 0 saturated carbocycles. The summed E-state index contributed by atoms with van der Waals surface area (Å²) in [6.45, 7) is 6.56. The minimum atomic E-state index is -0.787. The fourth-order valence-corrected chi connectivity index (χ4v) is 7.38. The second kappa shape index (κ2) is 51.7. The van der Waals surface area contributed by atoms with Crippen molar-refractivity contribution < 1.29 is 28.6 Å². The minimum Gasteiger partial charge on any atom is -0.462 e. The zero-order valence-electron chi connectivity index (χ0n) is 41.6. The molecule has 364 valence electrons. The Balaban J connectivity index is 4.43. The van der Waals surface area contributed by atoms with E-state index in [1.54, 1.807) is 0 Å². The first kappa shape index (κ1) is 60.1. The summed E-state index contributed by atoms with van der Waals surface area (Å²) in [6.07, 6.45) is 63.4. The van der Waals surface area contributed by atoms with E-state index in [1.807, 2.05) is 0 Å². The van der Waals surface area contributed by atoms with Crippen LogP contribution in [0.5, 0.6) is 0 Å². The Morgan fingerprint density at radius 1 is 0.317 bits per heavy atom. The number of rotatable bonds is 48. The SMILES string of the molecule is CCCCC/C=C\C/C=C\CCCCCCCC(=O)OCC(COC(=O)CCCCCCC/C=C\C/C=C\CCCCC)OC(=O)CCCCCCCCC/C=C\CCCCCC. The molecule has 0 bridgehead atoms. The highest BCUT2D eigenvalue weighted by atomic mass is 16.6. The number of hydrogen-bond donors (Lipinski definition) is 0. The highest BCUT2D eigenvalue weighted by Gasteiger charge is 2.19. The first-order valence-corrected chi connectivity index (χ1v) is 26.8. The van der Waals surface area contributed by atoms with Crippen LogP contribution in [0, 0.1) is 0 Å². The van der Waals surface area contributed by atoms with E-state index in [0.29, 0.717) is 19.3 Å². The van der Waals surface area contributed by atoms with Crippen molar-refractivity contribution in [2.75, 3.05) is 13.2 Å². The summed E-state index contributed by atoms with van der Waals surface area (Å²) >= 11 is 0. The molecule has 0 N–H and O–H groups in total. The van der Waals surface area contributed by atoms with Crippen molar-refractivity contribution in [3.05, 3.63) is 60.8 Å². The molecule has 0 atom stereocenters. The van der Waals surface area contributed by atoms with E-state index in [-0.39, 0.29) is 31.1 Å². The van der Waals surface area contributed by atoms with Gasteiger partial charge in [-0.25, -0.2) is 0 Å². The molecule has 0 aliphatic heterocycles. The minimum absolute atomic E-state index is 0.0874. The lowest BCUT2D eigenvalue weighted by Gasteiger charge is -2.18. The molecule has 63 heavy (non-hydrogen) atoms. The largest absolute Gasteiger partial charge is 0.462 e. The molecule has 0 aliphatic carbocycles. The third kappa shape index (κ3) is 50.0. The van der Waals surface area contributed by atoms with Crippen LogP contribution in [0.15, 0.2) is 60.8 Å². The van der Waals surface area contributed by atoms with Crippen LogP contribution >= 0.6 is 0 Å². The molecule has 0 amide bonds. The van der Waals surface area contributed by atoms with Crippen molar-refractivity contribution >= 4 is 17.9 Å². The Hall–Kier alpha value is -2.89. The smallest absolute Gasteiger partial charge is 0.306 e. The third-order valence-electron chi connectivity index (χ3n) is 11.5. The van der Waals surface area contributed by atoms with Gasteiger partial charge in [-0.2, -0.15) is 0 Å². The zero-order chi connectivity index (χ0) is 45.8. The van der Waals surface area contributed by atoms with Gasteiger partial charge in [-0.15, -0.1) is 0 Å². The Morgan fingerprint density at radius 2 is 0.571 bits per heavy atom. The normalized spacial score (nSPS) is 12.1.